The Balaban J connectivity index is 1.07. The van der Waals surface area contributed by atoms with Gasteiger partial charge in [0.2, 0.25) is 0 Å². The van der Waals surface area contributed by atoms with Crippen LogP contribution < -0.4 is 0 Å². The molecule has 194 valence electrons. The Kier molecular flexibility index (Phi) is 4.87. The van der Waals surface area contributed by atoms with E-state index in [1.165, 1.54) is 43.1 Å². The Morgan fingerprint density at radius 1 is 0.310 bits per heavy atom. The van der Waals surface area contributed by atoms with E-state index in [0.717, 1.165) is 44.6 Å². The molecule has 7 aromatic carbocycles. The molecule has 4 heteroatoms. The fourth-order valence-corrected chi connectivity index (χ4v) is 5.99. The van der Waals surface area contributed by atoms with Gasteiger partial charge in [-0.1, -0.05) is 72.8 Å². The highest BCUT2D eigenvalue weighted by molar-refractivity contribution is 6.04. The molecule has 0 unspecified atom stereocenters. The second-order valence-electron chi connectivity index (χ2n) is 10.9. The largest absolute Gasteiger partial charge is 0.252 e. The van der Waals surface area contributed by atoms with E-state index < -0.39 is 0 Å². The lowest BCUT2D eigenvalue weighted by molar-refractivity contribution is 1.29. The first-order chi connectivity index (χ1) is 20.7. The standard InChI is InChI=1S/C38H22N4/c1-3-7-27-15-31-19-35-33(17-29(31)13-25(27)5-1)39-21-37(41-35)23-9-11-24(12-10-23)38-22-40-34-18-30-14-26-6-2-4-8-28(26)16-32(30)20-36(34)42-38/h1-22H. The van der Waals surface area contributed by atoms with E-state index in [2.05, 4.69) is 121 Å². The van der Waals surface area contributed by atoms with Gasteiger partial charge in [-0.15, -0.1) is 0 Å². The van der Waals surface area contributed by atoms with Crippen LogP contribution in [0, 0.1) is 0 Å². The quantitative estimate of drug-likeness (QED) is 0.207. The molecule has 42 heavy (non-hydrogen) atoms. The van der Waals surface area contributed by atoms with Crippen LogP contribution in [-0.2, 0) is 0 Å². The molecule has 2 heterocycles. The zero-order valence-corrected chi connectivity index (χ0v) is 22.5. The summed E-state index contributed by atoms with van der Waals surface area (Å²) < 4.78 is 0. The molecule has 0 aliphatic carbocycles. The topological polar surface area (TPSA) is 51.6 Å². The minimum atomic E-state index is 0.845. The van der Waals surface area contributed by atoms with Gasteiger partial charge < -0.3 is 0 Å². The van der Waals surface area contributed by atoms with Crippen molar-refractivity contribution in [3.05, 3.63) is 134 Å². The van der Waals surface area contributed by atoms with Crippen molar-refractivity contribution in [3.63, 3.8) is 0 Å². The first-order valence-corrected chi connectivity index (χ1v) is 14.0. The van der Waals surface area contributed by atoms with Crippen molar-refractivity contribution in [2.45, 2.75) is 0 Å². The van der Waals surface area contributed by atoms with Crippen molar-refractivity contribution < 1.29 is 0 Å². The lowest BCUT2D eigenvalue weighted by Crippen LogP contribution is -1.91. The number of rotatable bonds is 2. The van der Waals surface area contributed by atoms with Crippen molar-refractivity contribution in [3.8, 4) is 22.5 Å². The molecular formula is C38H22N4. The van der Waals surface area contributed by atoms with Crippen LogP contribution in [-0.4, -0.2) is 19.9 Å². The Morgan fingerprint density at radius 3 is 1.00 bits per heavy atom. The molecule has 0 amide bonds. The second-order valence-corrected chi connectivity index (χ2v) is 10.9. The molecule has 0 aliphatic heterocycles. The lowest BCUT2D eigenvalue weighted by Gasteiger charge is -2.08. The second kappa shape index (κ2) is 8.88. The van der Waals surface area contributed by atoms with Crippen LogP contribution in [0.15, 0.2) is 134 Å². The van der Waals surface area contributed by atoms with E-state index in [9.17, 15) is 0 Å². The number of aromatic nitrogens is 4. The van der Waals surface area contributed by atoms with Gasteiger partial charge in [-0.25, -0.2) is 9.97 Å². The summed E-state index contributed by atoms with van der Waals surface area (Å²) in [5.74, 6) is 0. The van der Waals surface area contributed by atoms with Crippen LogP contribution in [0.2, 0.25) is 0 Å². The van der Waals surface area contributed by atoms with Gasteiger partial charge >= 0.3 is 0 Å². The Hall–Kier alpha value is -5.74. The molecule has 9 aromatic rings. The van der Waals surface area contributed by atoms with E-state index in [0.29, 0.717) is 0 Å². The maximum Gasteiger partial charge on any atom is 0.0900 e. The molecule has 0 aliphatic rings. The van der Waals surface area contributed by atoms with Crippen molar-refractivity contribution in [1.29, 1.82) is 0 Å². The van der Waals surface area contributed by atoms with Crippen LogP contribution in [0.3, 0.4) is 0 Å². The smallest absolute Gasteiger partial charge is 0.0900 e. The van der Waals surface area contributed by atoms with Gasteiger partial charge in [0, 0.05) is 11.1 Å². The molecule has 0 spiro atoms. The van der Waals surface area contributed by atoms with Gasteiger partial charge in [-0.05, 0) is 91.6 Å². The molecule has 9 rings (SSSR count). The molecule has 4 nitrogen and oxygen atoms in total. The summed E-state index contributed by atoms with van der Waals surface area (Å²) in [5, 5.41) is 9.58. The summed E-state index contributed by atoms with van der Waals surface area (Å²) in [5.41, 5.74) is 7.28. The summed E-state index contributed by atoms with van der Waals surface area (Å²) in [6.45, 7) is 0. The third-order valence-electron chi connectivity index (χ3n) is 8.21. The highest BCUT2D eigenvalue weighted by Gasteiger charge is 2.09. The third-order valence-corrected chi connectivity index (χ3v) is 8.21. The molecule has 0 radical (unpaired) electrons. The molecule has 0 fully saturated rings. The van der Waals surface area contributed by atoms with Gasteiger partial charge in [-0.3, -0.25) is 9.97 Å². The fourth-order valence-electron chi connectivity index (χ4n) is 5.99. The van der Waals surface area contributed by atoms with Gasteiger partial charge in [0.15, 0.2) is 0 Å². The van der Waals surface area contributed by atoms with E-state index >= 15 is 0 Å². The normalized spacial score (nSPS) is 11.8. The van der Waals surface area contributed by atoms with Gasteiger partial charge in [0.1, 0.15) is 0 Å². The van der Waals surface area contributed by atoms with Crippen LogP contribution in [0.4, 0.5) is 0 Å². The summed E-state index contributed by atoms with van der Waals surface area (Å²) in [7, 11) is 0. The van der Waals surface area contributed by atoms with E-state index in [1.807, 2.05) is 12.4 Å². The van der Waals surface area contributed by atoms with Crippen molar-refractivity contribution >= 4 is 65.2 Å². The van der Waals surface area contributed by atoms with E-state index in [4.69, 9.17) is 19.9 Å². The Morgan fingerprint density at radius 2 is 0.643 bits per heavy atom. The summed E-state index contributed by atoms with van der Waals surface area (Å²) in [6, 6.07) is 42.6. The first-order valence-electron chi connectivity index (χ1n) is 14.0. The van der Waals surface area contributed by atoms with Crippen LogP contribution in [0.1, 0.15) is 0 Å². The minimum absolute atomic E-state index is 0.845. The highest BCUT2D eigenvalue weighted by atomic mass is 14.8. The summed E-state index contributed by atoms with van der Waals surface area (Å²) >= 11 is 0. The van der Waals surface area contributed by atoms with Gasteiger partial charge in [0.05, 0.1) is 45.8 Å². The zero-order valence-electron chi connectivity index (χ0n) is 22.5. The number of hydrogen-bond acceptors (Lipinski definition) is 4. The molecule has 0 saturated heterocycles. The molecule has 0 N–H and O–H groups in total. The fraction of sp³-hybridized carbons (Fsp3) is 0. The average Bonchev–Trinajstić information content (AvgIpc) is 3.04. The average molecular weight is 535 g/mol. The predicted molar refractivity (Wildman–Crippen MR) is 174 cm³/mol. The number of hydrogen-bond donors (Lipinski definition) is 0. The summed E-state index contributed by atoms with van der Waals surface area (Å²) in [6.07, 6.45) is 3.71. The van der Waals surface area contributed by atoms with E-state index in [-0.39, 0.29) is 0 Å². The van der Waals surface area contributed by atoms with E-state index in [1.54, 1.807) is 0 Å². The number of nitrogens with zero attached hydrogens (tertiary/aromatic N) is 4. The molecule has 2 aromatic heterocycles. The minimum Gasteiger partial charge on any atom is -0.252 e. The third kappa shape index (κ3) is 3.77. The number of fused-ring (bicyclic) bond motifs is 6. The van der Waals surface area contributed by atoms with Crippen LogP contribution >= 0.6 is 0 Å². The molecule has 0 bridgehead atoms. The molecule has 0 saturated carbocycles. The van der Waals surface area contributed by atoms with Crippen molar-refractivity contribution in [2.24, 2.45) is 0 Å². The van der Waals surface area contributed by atoms with Gasteiger partial charge in [-0.2, -0.15) is 0 Å². The zero-order chi connectivity index (χ0) is 27.6. The Labute approximate surface area is 241 Å². The predicted octanol–water partition coefficient (Wildman–Crippen LogP) is 9.52. The lowest BCUT2D eigenvalue weighted by atomic mass is 10.0. The van der Waals surface area contributed by atoms with Crippen LogP contribution in [0.5, 0.6) is 0 Å². The maximum atomic E-state index is 4.98. The molecular weight excluding hydrogens is 512 g/mol. The monoisotopic (exact) mass is 534 g/mol. The molecule has 0 atom stereocenters. The van der Waals surface area contributed by atoms with Crippen molar-refractivity contribution in [1.82, 2.24) is 19.9 Å². The maximum absolute atomic E-state index is 4.98. The van der Waals surface area contributed by atoms with Gasteiger partial charge in [0.25, 0.3) is 0 Å². The van der Waals surface area contributed by atoms with Crippen LogP contribution in [0.25, 0.3) is 87.7 Å². The SMILES string of the molecule is c1ccc2cc3cc4nc(-c5ccc(-c6cnc7cc8cc9ccccc9cc8cc7n6)cc5)cnc4cc3cc2c1. The van der Waals surface area contributed by atoms with Crippen molar-refractivity contribution in [2.75, 3.05) is 0 Å². The summed E-state index contributed by atoms with van der Waals surface area (Å²) in [4.78, 5) is 19.5. The first kappa shape index (κ1) is 23.0. The Bertz CT molecular complexity index is 2340. The number of benzene rings is 7. The highest BCUT2D eigenvalue weighted by Crippen LogP contribution is 2.30.